The molecule has 5 nitrogen and oxygen atoms in total. The molecule has 22 heavy (non-hydrogen) atoms. The molecule has 0 spiro atoms. The lowest BCUT2D eigenvalue weighted by Crippen LogP contribution is -2.30. The average Bonchev–Trinajstić information content (AvgIpc) is 3.03. The Hall–Kier alpha value is -1.95. The van der Waals surface area contributed by atoms with Crippen LogP contribution in [0.2, 0.25) is 0 Å². The summed E-state index contributed by atoms with van der Waals surface area (Å²) in [5, 5.41) is 8.65. The van der Waals surface area contributed by atoms with E-state index in [1.165, 1.54) is 43.4 Å². The zero-order valence-electron chi connectivity index (χ0n) is 12.4. The van der Waals surface area contributed by atoms with Crippen molar-refractivity contribution in [2.45, 2.75) is 32.1 Å². The van der Waals surface area contributed by atoms with Crippen molar-refractivity contribution in [1.82, 2.24) is 15.3 Å². The highest BCUT2D eigenvalue weighted by Crippen LogP contribution is 2.23. The van der Waals surface area contributed by atoms with E-state index in [0.29, 0.717) is 16.7 Å². The molecule has 0 saturated heterocycles. The zero-order chi connectivity index (χ0) is 15.2. The first-order chi connectivity index (χ1) is 10.8. The van der Waals surface area contributed by atoms with Gasteiger partial charge in [-0.1, -0.05) is 19.3 Å². The van der Waals surface area contributed by atoms with Crippen LogP contribution in [0.1, 0.15) is 42.6 Å². The third kappa shape index (κ3) is 4.04. The van der Waals surface area contributed by atoms with Crippen LogP contribution in [0, 0.1) is 5.92 Å². The summed E-state index contributed by atoms with van der Waals surface area (Å²) < 4.78 is 0. The quantitative estimate of drug-likeness (QED) is 0.884. The van der Waals surface area contributed by atoms with Crippen molar-refractivity contribution in [3.05, 3.63) is 35.6 Å². The van der Waals surface area contributed by atoms with E-state index in [1.807, 2.05) is 12.1 Å². The molecule has 3 rings (SSSR count). The van der Waals surface area contributed by atoms with E-state index in [-0.39, 0.29) is 5.91 Å². The van der Waals surface area contributed by atoms with Crippen molar-refractivity contribution in [3.63, 3.8) is 0 Å². The lowest BCUT2D eigenvalue weighted by Gasteiger charge is -2.21. The van der Waals surface area contributed by atoms with Crippen LogP contribution < -0.4 is 10.6 Å². The first-order valence-corrected chi connectivity index (χ1v) is 8.60. The highest BCUT2D eigenvalue weighted by Gasteiger charge is 2.16. The maximum atomic E-state index is 12.1. The highest BCUT2D eigenvalue weighted by molar-refractivity contribution is 7.14. The molecule has 0 bridgehead atoms. The normalized spacial score (nSPS) is 15.5. The number of anilines is 2. The lowest BCUT2D eigenvalue weighted by atomic mass is 9.89. The van der Waals surface area contributed by atoms with Crippen LogP contribution in [0.25, 0.3) is 0 Å². The minimum Gasteiger partial charge on any atom is -0.350 e. The number of hydrogen-bond donors (Lipinski definition) is 2. The van der Waals surface area contributed by atoms with E-state index in [1.54, 1.807) is 17.8 Å². The summed E-state index contributed by atoms with van der Waals surface area (Å²) >= 11 is 1.42. The van der Waals surface area contributed by atoms with Gasteiger partial charge in [-0.25, -0.2) is 4.98 Å². The maximum absolute atomic E-state index is 12.1. The van der Waals surface area contributed by atoms with Crippen molar-refractivity contribution < 1.29 is 4.79 Å². The summed E-state index contributed by atoms with van der Waals surface area (Å²) in [6.45, 7) is 0.766. The third-order valence-corrected chi connectivity index (χ3v) is 4.68. The summed E-state index contributed by atoms with van der Waals surface area (Å²) in [5.74, 6) is 0.547. The molecule has 116 valence electrons. The second kappa shape index (κ2) is 7.35. The number of carbonyl (C=O) groups excluding carboxylic acids is 1. The molecular formula is C16H20N4OS. The molecule has 2 heterocycles. The van der Waals surface area contributed by atoms with Crippen LogP contribution in [0.15, 0.2) is 29.9 Å². The van der Waals surface area contributed by atoms with Crippen molar-refractivity contribution in [2.24, 2.45) is 5.92 Å². The van der Waals surface area contributed by atoms with Crippen LogP contribution >= 0.6 is 11.3 Å². The van der Waals surface area contributed by atoms with E-state index >= 15 is 0 Å². The van der Waals surface area contributed by atoms with Gasteiger partial charge in [0.2, 0.25) is 0 Å². The van der Waals surface area contributed by atoms with E-state index in [2.05, 4.69) is 20.6 Å². The van der Waals surface area contributed by atoms with Crippen LogP contribution in [0.3, 0.4) is 0 Å². The fourth-order valence-electron chi connectivity index (χ4n) is 2.71. The Bertz CT molecular complexity index is 608. The van der Waals surface area contributed by atoms with Gasteiger partial charge in [0.05, 0.1) is 11.9 Å². The Kier molecular flexibility index (Phi) is 5.00. The Morgan fingerprint density at radius 1 is 1.32 bits per heavy atom. The van der Waals surface area contributed by atoms with Gasteiger partial charge in [-0.05, 0) is 30.9 Å². The van der Waals surface area contributed by atoms with Gasteiger partial charge in [-0.2, -0.15) is 0 Å². The number of carbonyl (C=O) groups is 1. The van der Waals surface area contributed by atoms with Crippen molar-refractivity contribution in [2.75, 3.05) is 11.9 Å². The minimum absolute atomic E-state index is 0.0824. The van der Waals surface area contributed by atoms with Crippen molar-refractivity contribution in [1.29, 1.82) is 0 Å². The molecule has 1 saturated carbocycles. The van der Waals surface area contributed by atoms with Gasteiger partial charge in [-0.3, -0.25) is 9.78 Å². The number of nitrogens with one attached hydrogen (secondary N) is 2. The van der Waals surface area contributed by atoms with Crippen LogP contribution in [-0.4, -0.2) is 22.4 Å². The molecule has 1 amide bonds. The summed E-state index contributed by atoms with van der Waals surface area (Å²) in [6.07, 6.45) is 9.81. The molecule has 0 radical (unpaired) electrons. The zero-order valence-corrected chi connectivity index (χ0v) is 13.2. The summed E-state index contributed by atoms with van der Waals surface area (Å²) in [6, 6.07) is 3.77. The van der Waals surface area contributed by atoms with E-state index in [9.17, 15) is 4.79 Å². The number of amides is 1. The van der Waals surface area contributed by atoms with E-state index < -0.39 is 0 Å². The molecule has 2 aromatic rings. The first-order valence-electron chi connectivity index (χ1n) is 7.72. The van der Waals surface area contributed by atoms with Gasteiger partial charge in [0, 0.05) is 18.1 Å². The molecule has 2 N–H and O–H groups in total. The Balaban J connectivity index is 1.52. The molecule has 0 aliphatic heterocycles. The highest BCUT2D eigenvalue weighted by atomic mass is 32.1. The monoisotopic (exact) mass is 316 g/mol. The molecule has 0 unspecified atom stereocenters. The predicted octanol–water partition coefficient (Wildman–Crippen LogP) is 3.59. The summed E-state index contributed by atoms with van der Waals surface area (Å²) in [7, 11) is 0. The molecule has 1 fully saturated rings. The van der Waals surface area contributed by atoms with Crippen LogP contribution in [0.5, 0.6) is 0 Å². The van der Waals surface area contributed by atoms with Crippen LogP contribution in [0.4, 0.5) is 10.8 Å². The predicted molar refractivity (Wildman–Crippen MR) is 88.5 cm³/mol. The molecule has 2 aromatic heterocycles. The van der Waals surface area contributed by atoms with Gasteiger partial charge >= 0.3 is 0 Å². The van der Waals surface area contributed by atoms with Gasteiger partial charge < -0.3 is 10.6 Å². The number of nitrogens with zero attached hydrogens (tertiary/aromatic N) is 2. The topological polar surface area (TPSA) is 66.9 Å². The Labute approximate surface area is 134 Å². The van der Waals surface area contributed by atoms with E-state index in [0.717, 1.165) is 12.2 Å². The first kappa shape index (κ1) is 15.0. The van der Waals surface area contributed by atoms with E-state index in [4.69, 9.17) is 0 Å². The Morgan fingerprint density at radius 2 is 2.18 bits per heavy atom. The molecule has 6 heteroatoms. The summed E-state index contributed by atoms with van der Waals surface area (Å²) in [5.41, 5.74) is 1.35. The number of aromatic nitrogens is 2. The molecule has 0 atom stereocenters. The number of pyridine rings is 1. The Morgan fingerprint density at radius 3 is 2.95 bits per heavy atom. The average molecular weight is 316 g/mol. The van der Waals surface area contributed by atoms with Gasteiger partial charge in [0.1, 0.15) is 5.69 Å². The van der Waals surface area contributed by atoms with Gasteiger partial charge in [0.25, 0.3) is 5.91 Å². The molecular weight excluding hydrogens is 296 g/mol. The second-order valence-corrected chi connectivity index (χ2v) is 6.48. The maximum Gasteiger partial charge on any atom is 0.270 e. The fourth-order valence-corrected chi connectivity index (χ4v) is 3.43. The lowest BCUT2D eigenvalue weighted by molar-refractivity contribution is 0.0939. The number of thiazole rings is 1. The van der Waals surface area contributed by atoms with Crippen LogP contribution in [-0.2, 0) is 0 Å². The molecule has 1 aliphatic carbocycles. The standard InChI is InChI=1S/C16H20N4OS/c21-15(18-9-12-5-2-1-3-6-12)14-11-22-16(20-14)19-13-7-4-8-17-10-13/h4,7-8,10-12H,1-3,5-6,9H2,(H,18,21)(H,19,20). The van der Waals surface area contributed by atoms with Gasteiger partial charge in [-0.15, -0.1) is 11.3 Å². The van der Waals surface area contributed by atoms with Crippen molar-refractivity contribution in [3.8, 4) is 0 Å². The largest absolute Gasteiger partial charge is 0.350 e. The SMILES string of the molecule is O=C(NCC1CCCCC1)c1csc(Nc2cccnc2)n1. The van der Waals surface area contributed by atoms with Gasteiger partial charge in [0.15, 0.2) is 5.13 Å². The molecule has 0 aromatic carbocycles. The minimum atomic E-state index is -0.0824. The second-order valence-electron chi connectivity index (χ2n) is 5.62. The third-order valence-electron chi connectivity index (χ3n) is 3.93. The number of hydrogen-bond acceptors (Lipinski definition) is 5. The van der Waals surface area contributed by atoms with Crippen molar-refractivity contribution >= 4 is 28.1 Å². The summed E-state index contributed by atoms with van der Waals surface area (Å²) in [4.78, 5) is 20.5. The molecule has 1 aliphatic rings. The number of rotatable bonds is 5. The smallest absolute Gasteiger partial charge is 0.270 e. The fraction of sp³-hybridized carbons (Fsp3) is 0.438.